The first-order chi connectivity index (χ1) is 11.1. The van der Waals surface area contributed by atoms with Gasteiger partial charge in [-0.1, -0.05) is 37.3 Å². The lowest BCUT2D eigenvalue weighted by atomic mass is 9.85. The molecule has 1 unspecified atom stereocenters. The van der Waals surface area contributed by atoms with Crippen molar-refractivity contribution in [3.05, 3.63) is 17.5 Å². The number of esters is 1. The molecule has 2 rings (SSSR count). The second-order valence-corrected chi connectivity index (χ2v) is 6.04. The summed E-state index contributed by atoms with van der Waals surface area (Å²) in [7, 11) is 1.27. The summed E-state index contributed by atoms with van der Waals surface area (Å²) >= 11 is 0. The summed E-state index contributed by atoms with van der Waals surface area (Å²) in [6, 6.07) is -1.00. The molecule has 7 nitrogen and oxygen atoms in total. The van der Waals surface area contributed by atoms with E-state index in [2.05, 4.69) is 5.16 Å². The van der Waals surface area contributed by atoms with E-state index in [4.69, 9.17) is 9.26 Å². The van der Waals surface area contributed by atoms with E-state index in [0.717, 1.165) is 38.5 Å². The number of aromatic nitrogens is 1. The first-order valence-corrected chi connectivity index (χ1v) is 8.07. The fourth-order valence-electron chi connectivity index (χ4n) is 3.16. The number of hydrogen-bond donors (Lipinski definition) is 1. The van der Waals surface area contributed by atoms with Gasteiger partial charge in [-0.2, -0.15) is 0 Å². The van der Waals surface area contributed by atoms with E-state index < -0.39 is 17.9 Å². The van der Waals surface area contributed by atoms with E-state index in [1.807, 2.05) is 0 Å². The fourth-order valence-corrected chi connectivity index (χ4v) is 3.16. The molecule has 23 heavy (non-hydrogen) atoms. The quantitative estimate of drug-likeness (QED) is 0.520. The first kappa shape index (κ1) is 17.5. The summed E-state index contributed by atoms with van der Waals surface area (Å²) < 4.78 is 9.57. The Morgan fingerprint density at radius 3 is 2.43 bits per heavy atom. The minimum absolute atomic E-state index is 0.114. The average Bonchev–Trinajstić information content (AvgIpc) is 2.94. The number of methoxy groups -OCH3 is 1. The van der Waals surface area contributed by atoms with Gasteiger partial charge in [0.05, 0.1) is 12.8 Å². The highest BCUT2D eigenvalue weighted by atomic mass is 16.5. The molecule has 1 aromatic heterocycles. The fraction of sp³-hybridized carbons (Fsp3) is 0.688. The molecule has 1 fully saturated rings. The summed E-state index contributed by atoms with van der Waals surface area (Å²) in [5, 5.41) is 14.5. The van der Waals surface area contributed by atoms with E-state index >= 15 is 0 Å². The van der Waals surface area contributed by atoms with Crippen molar-refractivity contribution in [2.24, 2.45) is 5.92 Å². The molecule has 1 aliphatic rings. The number of amides is 1. The van der Waals surface area contributed by atoms with Crippen LogP contribution in [-0.4, -0.2) is 40.5 Å². The Hall–Kier alpha value is -1.89. The Bertz CT molecular complexity index is 534. The van der Waals surface area contributed by atoms with Crippen LogP contribution in [0, 0.1) is 12.8 Å². The summed E-state index contributed by atoms with van der Waals surface area (Å²) in [6.07, 6.45) is 8.10. The summed E-state index contributed by atoms with van der Waals surface area (Å²) in [5.74, 6) is -1.40. The van der Waals surface area contributed by atoms with Crippen LogP contribution in [0.3, 0.4) is 0 Å². The molecule has 1 N–H and O–H groups in total. The predicted octanol–water partition coefficient (Wildman–Crippen LogP) is 2.72. The molecule has 128 valence electrons. The van der Waals surface area contributed by atoms with Gasteiger partial charge in [0.15, 0.2) is 6.04 Å². The molecule has 1 aromatic rings. The molecular weight excluding hydrogens is 300 g/mol. The third-order valence-electron chi connectivity index (χ3n) is 4.49. The lowest BCUT2D eigenvalue weighted by Crippen LogP contribution is -2.48. The molecule has 0 bridgehead atoms. The average molecular weight is 324 g/mol. The van der Waals surface area contributed by atoms with Gasteiger partial charge >= 0.3 is 5.97 Å². The summed E-state index contributed by atoms with van der Waals surface area (Å²) in [4.78, 5) is 24.6. The lowest BCUT2D eigenvalue weighted by Gasteiger charge is -2.31. The summed E-state index contributed by atoms with van der Waals surface area (Å²) in [5.41, 5.74) is 0.516. The SMILES string of the molecule is COC(=O)C(C1CCCCCCC1)N(O)C(=O)c1conc1C. The Labute approximate surface area is 135 Å². The molecule has 1 heterocycles. The molecular formula is C16H24N2O5. The molecule has 1 amide bonds. The Morgan fingerprint density at radius 2 is 1.91 bits per heavy atom. The van der Waals surface area contributed by atoms with Crippen molar-refractivity contribution in [1.29, 1.82) is 0 Å². The Balaban J connectivity index is 2.21. The predicted molar refractivity (Wildman–Crippen MR) is 80.8 cm³/mol. The van der Waals surface area contributed by atoms with Gasteiger partial charge in [0.25, 0.3) is 5.91 Å². The van der Waals surface area contributed by atoms with Gasteiger partial charge in [0, 0.05) is 0 Å². The minimum Gasteiger partial charge on any atom is -0.467 e. The zero-order valence-corrected chi connectivity index (χ0v) is 13.7. The number of carbonyl (C=O) groups excluding carboxylic acids is 2. The van der Waals surface area contributed by atoms with Crippen molar-refractivity contribution in [2.45, 2.75) is 57.9 Å². The van der Waals surface area contributed by atoms with Gasteiger partial charge in [-0.25, -0.2) is 9.86 Å². The topological polar surface area (TPSA) is 92.9 Å². The van der Waals surface area contributed by atoms with Crippen molar-refractivity contribution >= 4 is 11.9 Å². The Morgan fingerprint density at radius 1 is 1.30 bits per heavy atom. The van der Waals surface area contributed by atoms with Gasteiger partial charge in [0.1, 0.15) is 11.8 Å². The number of aryl methyl sites for hydroxylation is 1. The van der Waals surface area contributed by atoms with E-state index in [1.165, 1.54) is 19.8 Å². The van der Waals surface area contributed by atoms with Crippen LogP contribution in [0.2, 0.25) is 0 Å². The molecule has 7 heteroatoms. The first-order valence-electron chi connectivity index (χ1n) is 8.07. The maximum Gasteiger partial charge on any atom is 0.331 e. The minimum atomic E-state index is -1.00. The van der Waals surface area contributed by atoms with Crippen LogP contribution in [0.25, 0.3) is 0 Å². The van der Waals surface area contributed by atoms with Crippen molar-refractivity contribution in [3.63, 3.8) is 0 Å². The monoisotopic (exact) mass is 324 g/mol. The standard InChI is InChI=1S/C16H24N2O5/c1-11-13(10-23-17-11)15(19)18(21)14(16(20)22-2)12-8-6-4-3-5-7-9-12/h10,12,14,21H,3-9H2,1-2H3. The molecule has 0 spiro atoms. The van der Waals surface area contributed by atoms with Crippen LogP contribution < -0.4 is 0 Å². The molecule has 0 aromatic carbocycles. The number of rotatable bonds is 4. The molecule has 1 saturated carbocycles. The normalized spacial score (nSPS) is 17.9. The molecule has 1 aliphatic carbocycles. The van der Waals surface area contributed by atoms with Crippen LogP contribution in [0.15, 0.2) is 10.8 Å². The molecule has 1 atom stereocenters. The maximum absolute atomic E-state index is 12.5. The number of carbonyl (C=O) groups is 2. The molecule has 0 saturated heterocycles. The van der Waals surface area contributed by atoms with Crippen LogP contribution in [0.5, 0.6) is 0 Å². The number of ether oxygens (including phenoxy) is 1. The van der Waals surface area contributed by atoms with Crippen molar-refractivity contribution in [3.8, 4) is 0 Å². The largest absolute Gasteiger partial charge is 0.467 e. The highest BCUT2D eigenvalue weighted by Gasteiger charge is 2.38. The lowest BCUT2D eigenvalue weighted by molar-refractivity contribution is -0.167. The van der Waals surface area contributed by atoms with E-state index in [0.29, 0.717) is 10.8 Å². The van der Waals surface area contributed by atoms with E-state index in [1.54, 1.807) is 6.92 Å². The number of nitrogens with zero attached hydrogens (tertiary/aromatic N) is 2. The van der Waals surface area contributed by atoms with Crippen LogP contribution in [0.1, 0.15) is 61.0 Å². The maximum atomic E-state index is 12.5. The van der Waals surface area contributed by atoms with Gasteiger partial charge in [-0.3, -0.25) is 10.0 Å². The Kier molecular flexibility index (Phi) is 6.15. The number of hydroxylamine groups is 2. The highest BCUT2D eigenvalue weighted by molar-refractivity contribution is 5.96. The summed E-state index contributed by atoms with van der Waals surface area (Å²) in [6.45, 7) is 1.60. The second kappa shape index (κ2) is 8.10. The second-order valence-electron chi connectivity index (χ2n) is 6.04. The van der Waals surface area contributed by atoms with E-state index in [-0.39, 0.29) is 11.5 Å². The highest BCUT2D eigenvalue weighted by Crippen LogP contribution is 2.28. The molecule has 0 radical (unpaired) electrons. The third-order valence-corrected chi connectivity index (χ3v) is 4.49. The van der Waals surface area contributed by atoms with Gasteiger partial charge in [-0.05, 0) is 25.7 Å². The van der Waals surface area contributed by atoms with Crippen LogP contribution in [0.4, 0.5) is 0 Å². The molecule has 0 aliphatic heterocycles. The zero-order valence-electron chi connectivity index (χ0n) is 13.7. The van der Waals surface area contributed by atoms with Gasteiger partial charge in [-0.15, -0.1) is 0 Å². The van der Waals surface area contributed by atoms with Crippen molar-refractivity contribution in [2.75, 3.05) is 7.11 Å². The van der Waals surface area contributed by atoms with Gasteiger partial charge < -0.3 is 9.26 Å². The van der Waals surface area contributed by atoms with Crippen molar-refractivity contribution in [1.82, 2.24) is 10.2 Å². The third kappa shape index (κ3) is 4.10. The van der Waals surface area contributed by atoms with Crippen LogP contribution in [-0.2, 0) is 9.53 Å². The van der Waals surface area contributed by atoms with Gasteiger partial charge in [0.2, 0.25) is 0 Å². The van der Waals surface area contributed by atoms with Crippen molar-refractivity contribution < 1.29 is 24.1 Å². The smallest absolute Gasteiger partial charge is 0.331 e. The van der Waals surface area contributed by atoms with Crippen LogP contribution >= 0.6 is 0 Å². The number of hydrogen-bond acceptors (Lipinski definition) is 6. The van der Waals surface area contributed by atoms with E-state index in [9.17, 15) is 14.8 Å². The zero-order chi connectivity index (χ0) is 16.8.